The molecule has 0 spiro atoms. The van der Waals surface area contributed by atoms with E-state index in [9.17, 15) is 9.18 Å². The first-order valence-corrected chi connectivity index (χ1v) is 8.72. The minimum Gasteiger partial charge on any atom is -0.467 e. The number of nitrogens with zero attached hydrogens (tertiary/aromatic N) is 2. The Balaban J connectivity index is 1.50. The number of aromatic nitrogens is 1. The third-order valence-electron chi connectivity index (χ3n) is 3.91. The minimum absolute atomic E-state index is 0.0263. The summed E-state index contributed by atoms with van der Waals surface area (Å²) in [6.07, 6.45) is 1.53. The number of halogens is 1. The van der Waals surface area contributed by atoms with E-state index in [1.54, 1.807) is 18.1 Å². The number of urea groups is 1. The fourth-order valence-corrected chi connectivity index (χ4v) is 3.52. The molecule has 8 heteroatoms. The van der Waals surface area contributed by atoms with E-state index in [0.29, 0.717) is 31.4 Å². The Hall–Kier alpha value is -1.93. The molecule has 2 aromatic rings. The molecule has 24 heavy (non-hydrogen) atoms. The Morgan fingerprint density at radius 3 is 3.00 bits per heavy atom. The molecule has 1 aliphatic heterocycles. The van der Waals surface area contributed by atoms with Crippen LogP contribution in [-0.2, 0) is 4.74 Å². The van der Waals surface area contributed by atoms with Crippen LogP contribution in [0.15, 0.2) is 18.2 Å². The van der Waals surface area contributed by atoms with Crippen molar-refractivity contribution in [3.63, 3.8) is 0 Å². The molecule has 1 aromatic heterocycles. The Morgan fingerprint density at radius 2 is 2.25 bits per heavy atom. The quantitative estimate of drug-likeness (QED) is 0.840. The van der Waals surface area contributed by atoms with Crippen molar-refractivity contribution in [3.8, 4) is 5.19 Å². The lowest BCUT2D eigenvalue weighted by atomic mass is 10.1. The molecule has 1 fully saturated rings. The van der Waals surface area contributed by atoms with Gasteiger partial charge >= 0.3 is 6.03 Å². The van der Waals surface area contributed by atoms with Crippen LogP contribution >= 0.6 is 11.3 Å². The second-order valence-electron chi connectivity index (χ2n) is 5.62. The molecule has 0 unspecified atom stereocenters. The fourth-order valence-electron chi connectivity index (χ4n) is 2.62. The van der Waals surface area contributed by atoms with Gasteiger partial charge in [0.15, 0.2) is 0 Å². The van der Waals surface area contributed by atoms with Crippen LogP contribution in [0.25, 0.3) is 10.2 Å². The first-order valence-electron chi connectivity index (χ1n) is 7.90. The van der Waals surface area contributed by atoms with Crippen LogP contribution < -0.4 is 10.1 Å². The Labute approximate surface area is 143 Å². The second-order valence-corrected chi connectivity index (χ2v) is 6.61. The lowest BCUT2D eigenvalue weighted by molar-refractivity contribution is 0.109. The van der Waals surface area contributed by atoms with Gasteiger partial charge in [-0.25, -0.2) is 14.2 Å². The van der Waals surface area contributed by atoms with Crippen LogP contribution in [0, 0.1) is 5.82 Å². The summed E-state index contributed by atoms with van der Waals surface area (Å²) >= 11 is 1.35. The molecule has 3 rings (SSSR count). The van der Waals surface area contributed by atoms with Gasteiger partial charge in [-0.1, -0.05) is 11.3 Å². The molecular weight excluding hydrogens is 333 g/mol. The maximum atomic E-state index is 13.2. The molecule has 1 aliphatic rings. The summed E-state index contributed by atoms with van der Waals surface area (Å²) in [4.78, 5) is 18.1. The summed E-state index contributed by atoms with van der Waals surface area (Å²) in [7, 11) is 1.60. The minimum atomic E-state index is -0.273. The number of amides is 2. The lowest BCUT2D eigenvalue weighted by Gasteiger charge is -2.31. The van der Waals surface area contributed by atoms with Gasteiger partial charge in [-0.2, -0.15) is 0 Å². The normalized spacial score (nSPS) is 15.7. The van der Waals surface area contributed by atoms with Gasteiger partial charge in [0.2, 0.25) is 0 Å². The number of carbonyl (C=O) groups excluding carboxylic acids is 1. The van der Waals surface area contributed by atoms with Crippen molar-refractivity contribution in [2.24, 2.45) is 0 Å². The largest absolute Gasteiger partial charge is 0.467 e. The number of rotatable bonds is 5. The zero-order valence-electron chi connectivity index (χ0n) is 13.5. The van der Waals surface area contributed by atoms with Crippen molar-refractivity contribution in [1.29, 1.82) is 0 Å². The summed E-state index contributed by atoms with van der Waals surface area (Å²) in [6.45, 7) is 2.30. The smallest absolute Gasteiger partial charge is 0.317 e. The van der Waals surface area contributed by atoms with E-state index in [1.165, 1.54) is 23.5 Å². The predicted octanol–water partition coefficient (Wildman–Crippen LogP) is 2.63. The number of thiazole rings is 1. The van der Waals surface area contributed by atoms with Gasteiger partial charge < -0.3 is 19.7 Å². The topological polar surface area (TPSA) is 63.7 Å². The van der Waals surface area contributed by atoms with Gasteiger partial charge in [0.25, 0.3) is 5.19 Å². The molecule has 0 saturated carbocycles. The number of hydrogen-bond acceptors (Lipinski definition) is 5. The van der Waals surface area contributed by atoms with Crippen LogP contribution in [0.1, 0.15) is 12.8 Å². The van der Waals surface area contributed by atoms with Crippen LogP contribution in [0.3, 0.4) is 0 Å². The number of ether oxygens (including phenoxy) is 2. The number of likely N-dealkylation sites (tertiary alicyclic amines) is 1. The Morgan fingerprint density at radius 1 is 1.46 bits per heavy atom. The van der Waals surface area contributed by atoms with Gasteiger partial charge in [-0.05, 0) is 18.2 Å². The van der Waals surface area contributed by atoms with Gasteiger partial charge in [0, 0.05) is 39.6 Å². The summed E-state index contributed by atoms with van der Waals surface area (Å²) < 4.78 is 24.8. The standard InChI is InChI=1S/C16H20FN3O3S/c1-22-9-6-18-15(21)20-7-4-12(5-8-20)23-16-19-13-3-2-11(17)10-14(13)24-16/h2-3,10,12H,4-9H2,1H3,(H,18,21). The van der Waals surface area contributed by atoms with Gasteiger partial charge in [0.1, 0.15) is 11.9 Å². The molecule has 1 saturated heterocycles. The number of nitrogens with one attached hydrogen (secondary N) is 1. The van der Waals surface area contributed by atoms with Crippen molar-refractivity contribution >= 4 is 27.6 Å². The average molecular weight is 353 g/mol. The van der Waals surface area contributed by atoms with Gasteiger partial charge in [0.05, 0.1) is 16.8 Å². The summed E-state index contributed by atoms with van der Waals surface area (Å²) in [6, 6.07) is 4.45. The van der Waals surface area contributed by atoms with E-state index >= 15 is 0 Å². The van der Waals surface area contributed by atoms with Crippen LogP contribution in [0.4, 0.5) is 9.18 Å². The van der Waals surface area contributed by atoms with Gasteiger partial charge in [-0.15, -0.1) is 0 Å². The SMILES string of the molecule is COCCNC(=O)N1CCC(Oc2nc3ccc(F)cc3s2)CC1. The highest BCUT2D eigenvalue weighted by Crippen LogP contribution is 2.30. The van der Waals surface area contributed by atoms with Crippen molar-refractivity contribution in [1.82, 2.24) is 15.2 Å². The van der Waals surface area contributed by atoms with E-state index in [4.69, 9.17) is 9.47 Å². The monoisotopic (exact) mass is 353 g/mol. The summed E-state index contributed by atoms with van der Waals surface area (Å²) in [5.41, 5.74) is 0.742. The summed E-state index contributed by atoms with van der Waals surface area (Å²) in [5.74, 6) is -0.273. The van der Waals surface area contributed by atoms with Crippen LogP contribution in [-0.4, -0.2) is 55.4 Å². The predicted molar refractivity (Wildman–Crippen MR) is 90.1 cm³/mol. The lowest BCUT2D eigenvalue weighted by Crippen LogP contribution is -2.47. The number of benzene rings is 1. The third-order valence-corrected chi connectivity index (χ3v) is 4.82. The number of carbonyl (C=O) groups is 1. The Kier molecular flexibility index (Phi) is 5.47. The highest BCUT2D eigenvalue weighted by Gasteiger charge is 2.24. The number of hydrogen-bond donors (Lipinski definition) is 1. The van der Waals surface area contributed by atoms with E-state index in [0.717, 1.165) is 23.1 Å². The average Bonchev–Trinajstić information content (AvgIpc) is 2.97. The molecule has 2 heterocycles. The summed E-state index contributed by atoms with van der Waals surface area (Å²) in [5, 5.41) is 3.37. The van der Waals surface area contributed by atoms with Crippen molar-refractivity contribution in [2.75, 3.05) is 33.4 Å². The highest BCUT2D eigenvalue weighted by atomic mass is 32.1. The molecule has 0 aliphatic carbocycles. The highest BCUT2D eigenvalue weighted by molar-refractivity contribution is 7.20. The van der Waals surface area contributed by atoms with Gasteiger partial charge in [-0.3, -0.25) is 0 Å². The van der Waals surface area contributed by atoms with E-state index in [-0.39, 0.29) is 18.0 Å². The molecule has 130 valence electrons. The maximum absolute atomic E-state index is 13.2. The maximum Gasteiger partial charge on any atom is 0.317 e. The molecular formula is C16H20FN3O3S. The number of fused-ring (bicyclic) bond motifs is 1. The van der Waals surface area contributed by atoms with Crippen molar-refractivity contribution in [3.05, 3.63) is 24.0 Å². The molecule has 0 bridgehead atoms. The number of piperidine rings is 1. The molecule has 0 radical (unpaired) electrons. The molecule has 6 nitrogen and oxygen atoms in total. The molecule has 1 N–H and O–H groups in total. The second kappa shape index (κ2) is 7.76. The van der Waals surface area contributed by atoms with Crippen molar-refractivity contribution in [2.45, 2.75) is 18.9 Å². The fraction of sp³-hybridized carbons (Fsp3) is 0.500. The van der Waals surface area contributed by atoms with Crippen molar-refractivity contribution < 1.29 is 18.7 Å². The first-order chi connectivity index (χ1) is 11.7. The van der Waals surface area contributed by atoms with E-state index in [2.05, 4.69) is 10.3 Å². The van der Waals surface area contributed by atoms with Crippen LogP contribution in [0.5, 0.6) is 5.19 Å². The third kappa shape index (κ3) is 4.12. The zero-order chi connectivity index (χ0) is 16.9. The molecule has 1 aromatic carbocycles. The van der Waals surface area contributed by atoms with E-state index < -0.39 is 0 Å². The molecule has 0 atom stereocenters. The van der Waals surface area contributed by atoms with E-state index in [1.807, 2.05) is 0 Å². The molecule has 2 amide bonds. The Bertz CT molecular complexity index is 701. The first kappa shape index (κ1) is 16.9. The van der Waals surface area contributed by atoms with Crippen LogP contribution in [0.2, 0.25) is 0 Å². The number of methoxy groups -OCH3 is 1. The zero-order valence-corrected chi connectivity index (χ0v) is 14.3.